The van der Waals surface area contributed by atoms with Gasteiger partial charge < -0.3 is 10.6 Å². The first-order valence-corrected chi connectivity index (χ1v) is 8.05. The van der Waals surface area contributed by atoms with E-state index in [1.165, 1.54) is 0 Å². The number of anilines is 1. The highest BCUT2D eigenvalue weighted by atomic mass is 16.2. The summed E-state index contributed by atoms with van der Waals surface area (Å²) >= 11 is 0. The van der Waals surface area contributed by atoms with Gasteiger partial charge in [-0.3, -0.25) is 14.0 Å². The molecular formula is C19H15N5O2. The van der Waals surface area contributed by atoms with E-state index in [-0.39, 0.29) is 18.4 Å². The molecule has 7 heteroatoms. The summed E-state index contributed by atoms with van der Waals surface area (Å²) in [4.78, 5) is 24.3. The molecule has 0 saturated carbocycles. The van der Waals surface area contributed by atoms with Crippen LogP contribution in [0.2, 0.25) is 0 Å². The van der Waals surface area contributed by atoms with E-state index < -0.39 is 0 Å². The van der Waals surface area contributed by atoms with Crippen molar-refractivity contribution in [2.45, 2.75) is 0 Å². The largest absolute Gasteiger partial charge is 0.343 e. The van der Waals surface area contributed by atoms with Gasteiger partial charge in [0, 0.05) is 11.8 Å². The van der Waals surface area contributed by atoms with E-state index in [2.05, 4.69) is 20.8 Å². The number of pyridine rings is 1. The number of nitrogens with one attached hydrogen (secondary N) is 2. The molecule has 0 saturated heterocycles. The second-order valence-corrected chi connectivity index (χ2v) is 5.81. The van der Waals surface area contributed by atoms with Gasteiger partial charge in [0.1, 0.15) is 6.33 Å². The van der Waals surface area contributed by atoms with Crippen molar-refractivity contribution in [1.29, 1.82) is 0 Å². The molecule has 0 bridgehead atoms. The highest BCUT2D eigenvalue weighted by molar-refractivity contribution is 6.01. The number of fused-ring (bicyclic) bond motifs is 2. The van der Waals surface area contributed by atoms with Gasteiger partial charge in [0.05, 0.1) is 12.2 Å². The zero-order valence-electron chi connectivity index (χ0n) is 13.7. The standard InChI is InChI=1S/C19H15N5O2/c25-18(22-16-7-8-17-23-21-12-24(17)11-16)10-20-19(26)15-6-5-13-3-1-2-4-14(13)9-15/h1-9,11-12H,10H2,(H,20,26)(H,22,25). The van der Waals surface area contributed by atoms with Gasteiger partial charge in [-0.05, 0) is 35.0 Å². The lowest BCUT2D eigenvalue weighted by atomic mass is 10.1. The molecule has 2 amide bonds. The van der Waals surface area contributed by atoms with Gasteiger partial charge in [-0.1, -0.05) is 30.3 Å². The number of rotatable bonds is 4. The van der Waals surface area contributed by atoms with Crippen LogP contribution >= 0.6 is 0 Å². The van der Waals surface area contributed by atoms with E-state index in [4.69, 9.17) is 0 Å². The van der Waals surface area contributed by atoms with E-state index in [0.717, 1.165) is 10.8 Å². The molecule has 0 aliphatic rings. The average Bonchev–Trinajstić information content (AvgIpc) is 3.13. The molecule has 2 heterocycles. The van der Waals surface area contributed by atoms with Gasteiger partial charge in [-0.2, -0.15) is 0 Å². The molecule has 4 rings (SSSR count). The maximum atomic E-state index is 12.3. The molecule has 26 heavy (non-hydrogen) atoms. The van der Waals surface area contributed by atoms with Crippen LogP contribution in [0.3, 0.4) is 0 Å². The first kappa shape index (κ1) is 15.8. The smallest absolute Gasteiger partial charge is 0.251 e. The number of amides is 2. The van der Waals surface area contributed by atoms with Gasteiger partial charge in [0.2, 0.25) is 5.91 Å². The van der Waals surface area contributed by atoms with Crippen molar-refractivity contribution >= 4 is 33.9 Å². The van der Waals surface area contributed by atoms with Crippen molar-refractivity contribution in [3.63, 3.8) is 0 Å². The molecule has 4 aromatic rings. The molecule has 0 fully saturated rings. The molecule has 2 aromatic carbocycles. The van der Waals surface area contributed by atoms with Crippen LogP contribution < -0.4 is 10.6 Å². The topological polar surface area (TPSA) is 88.4 Å². The number of carbonyl (C=O) groups excluding carboxylic acids is 2. The van der Waals surface area contributed by atoms with Crippen LogP contribution in [0.25, 0.3) is 16.4 Å². The Labute approximate surface area is 148 Å². The van der Waals surface area contributed by atoms with Crippen LogP contribution in [0.1, 0.15) is 10.4 Å². The summed E-state index contributed by atoms with van der Waals surface area (Å²) in [6.45, 7) is -0.119. The number of aromatic nitrogens is 3. The third-order valence-electron chi connectivity index (χ3n) is 4.00. The molecule has 7 nitrogen and oxygen atoms in total. The summed E-state index contributed by atoms with van der Waals surface area (Å²) in [5.74, 6) is -0.605. The Balaban J connectivity index is 1.38. The Bertz CT molecular complexity index is 1120. The fraction of sp³-hybridized carbons (Fsp3) is 0.0526. The molecule has 0 radical (unpaired) electrons. The highest BCUT2D eigenvalue weighted by Crippen LogP contribution is 2.15. The summed E-state index contributed by atoms with van der Waals surface area (Å²) in [5.41, 5.74) is 1.80. The van der Waals surface area contributed by atoms with Crippen molar-refractivity contribution in [2.75, 3.05) is 11.9 Å². The van der Waals surface area contributed by atoms with Crippen LogP contribution in [0, 0.1) is 0 Å². The molecule has 0 atom stereocenters. The Morgan fingerprint density at radius 2 is 1.85 bits per heavy atom. The van der Waals surface area contributed by atoms with Crippen molar-refractivity contribution in [3.05, 3.63) is 72.7 Å². The van der Waals surface area contributed by atoms with Gasteiger partial charge in [0.25, 0.3) is 5.91 Å². The Morgan fingerprint density at radius 1 is 1.00 bits per heavy atom. The number of hydrogen-bond acceptors (Lipinski definition) is 4. The Morgan fingerprint density at radius 3 is 2.73 bits per heavy atom. The first-order chi connectivity index (χ1) is 12.7. The third kappa shape index (κ3) is 3.23. The lowest BCUT2D eigenvalue weighted by Gasteiger charge is -2.08. The zero-order valence-corrected chi connectivity index (χ0v) is 13.7. The third-order valence-corrected chi connectivity index (χ3v) is 4.00. The minimum Gasteiger partial charge on any atom is -0.343 e. The maximum absolute atomic E-state index is 12.3. The number of carbonyl (C=O) groups is 2. The van der Waals surface area contributed by atoms with Crippen molar-refractivity contribution in [1.82, 2.24) is 19.9 Å². The minimum absolute atomic E-state index is 0.119. The van der Waals surface area contributed by atoms with Crippen molar-refractivity contribution in [2.24, 2.45) is 0 Å². The van der Waals surface area contributed by atoms with Crippen LogP contribution in [-0.4, -0.2) is 33.0 Å². The lowest BCUT2D eigenvalue weighted by molar-refractivity contribution is -0.115. The SMILES string of the molecule is O=C(CNC(=O)c1ccc2ccccc2c1)Nc1ccc2nncn2c1. The molecular weight excluding hydrogens is 330 g/mol. The normalized spacial score (nSPS) is 10.8. The second-order valence-electron chi connectivity index (χ2n) is 5.81. The van der Waals surface area contributed by atoms with E-state index >= 15 is 0 Å². The maximum Gasteiger partial charge on any atom is 0.251 e. The fourth-order valence-corrected chi connectivity index (χ4v) is 2.70. The van der Waals surface area contributed by atoms with Crippen LogP contribution in [0.5, 0.6) is 0 Å². The van der Waals surface area contributed by atoms with Crippen LogP contribution in [0.4, 0.5) is 5.69 Å². The van der Waals surface area contributed by atoms with Gasteiger partial charge in [-0.25, -0.2) is 0 Å². The number of nitrogens with zero attached hydrogens (tertiary/aromatic N) is 3. The second kappa shape index (κ2) is 6.64. The quantitative estimate of drug-likeness (QED) is 0.594. The van der Waals surface area contributed by atoms with Crippen molar-refractivity contribution in [3.8, 4) is 0 Å². The molecule has 0 unspecified atom stereocenters. The van der Waals surface area contributed by atoms with E-state index in [1.807, 2.05) is 36.4 Å². The summed E-state index contributed by atoms with van der Waals surface area (Å²) < 4.78 is 1.70. The Kier molecular flexibility index (Phi) is 4.03. The van der Waals surface area contributed by atoms with E-state index in [0.29, 0.717) is 16.9 Å². The summed E-state index contributed by atoms with van der Waals surface area (Å²) in [7, 11) is 0. The van der Waals surface area contributed by atoms with Crippen LogP contribution in [-0.2, 0) is 4.79 Å². The minimum atomic E-state index is -0.313. The van der Waals surface area contributed by atoms with Gasteiger partial charge >= 0.3 is 0 Å². The zero-order chi connectivity index (χ0) is 17.9. The van der Waals surface area contributed by atoms with Crippen LogP contribution in [0.15, 0.2) is 67.1 Å². The van der Waals surface area contributed by atoms with Gasteiger partial charge in [0.15, 0.2) is 5.65 Å². The summed E-state index contributed by atoms with van der Waals surface area (Å²) in [6, 6.07) is 16.7. The number of hydrogen-bond donors (Lipinski definition) is 2. The van der Waals surface area contributed by atoms with E-state index in [1.54, 1.807) is 35.1 Å². The molecule has 2 N–H and O–H groups in total. The fourth-order valence-electron chi connectivity index (χ4n) is 2.70. The molecule has 128 valence electrons. The first-order valence-electron chi connectivity index (χ1n) is 8.05. The lowest BCUT2D eigenvalue weighted by Crippen LogP contribution is -2.32. The van der Waals surface area contributed by atoms with Crippen molar-refractivity contribution < 1.29 is 9.59 Å². The molecule has 0 aliphatic heterocycles. The van der Waals surface area contributed by atoms with E-state index in [9.17, 15) is 9.59 Å². The molecule has 0 aliphatic carbocycles. The predicted molar refractivity (Wildman–Crippen MR) is 97.9 cm³/mol. The summed E-state index contributed by atoms with van der Waals surface area (Å²) in [5, 5.41) is 15.1. The summed E-state index contributed by atoms with van der Waals surface area (Å²) in [6.07, 6.45) is 3.25. The monoisotopic (exact) mass is 345 g/mol. The highest BCUT2D eigenvalue weighted by Gasteiger charge is 2.09. The average molecular weight is 345 g/mol. The van der Waals surface area contributed by atoms with Gasteiger partial charge in [-0.15, -0.1) is 10.2 Å². The number of benzene rings is 2. The molecule has 0 spiro atoms. The molecule has 2 aromatic heterocycles. The Hall–Kier alpha value is -3.74. The predicted octanol–water partition coefficient (Wildman–Crippen LogP) is 2.25.